The number of piperidine rings is 1. The molecule has 0 aromatic heterocycles. The third kappa shape index (κ3) is 4.93. The molecule has 1 aliphatic carbocycles. The summed E-state index contributed by atoms with van der Waals surface area (Å²) in [6, 6.07) is 0.548. The fraction of sp³-hybridized carbons (Fsp3) is 0.929. The van der Waals surface area contributed by atoms with Crippen LogP contribution in [0.4, 0.5) is 0 Å². The second-order valence-electron chi connectivity index (χ2n) is 5.55. The average Bonchev–Trinajstić information content (AvgIpc) is 3.21. The molecule has 1 unspecified atom stereocenters. The molecule has 0 aromatic carbocycles. The van der Waals surface area contributed by atoms with Crippen LogP contribution in [0.1, 0.15) is 39.5 Å². The van der Waals surface area contributed by atoms with Crippen LogP contribution in [0.25, 0.3) is 0 Å². The summed E-state index contributed by atoms with van der Waals surface area (Å²) in [5.74, 6) is 0.682. The lowest BCUT2D eigenvalue weighted by Crippen LogP contribution is -2.45. The van der Waals surface area contributed by atoms with Crippen LogP contribution in [0.15, 0.2) is 0 Å². The molecule has 1 saturated heterocycles. The van der Waals surface area contributed by atoms with Crippen LogP contribution in [0, 0.1) is 5.92 Å². The predicted molar refractivity (Wildman–Crippen MR) is 78.7 cm³/mol. The summed E-state index contributed by atoms with van der Waals surface area (Å²) in [6.07, 6.45) is 4.96. The topological polar surface area (TPSA) is 41.6 Å². The smallest absolute Gasteiger partial charge is 0.323 e. The van der Waals surface area contributed by atoms with Crippen molar-refractivity contribution >= 4 is 18.4 Å². The molecule has 112 valence electrons. The molecule has 0 amide bonds. The van der Waals surface area contributed by atoms with Crippen LogP contribution < -0.4 is 5.32 Å². The predicted octanol–water partition coefficient (Wildman–Crippen LogP) is 1.82. The molecule has 2 fully saturated rings. The second kappa shape index (κ2) is 8.08. The van der Waals surface area contributed by atoms with E-state index < -0.39 is 0 Å². The van der Waals surface area contributed by atoms with Gasteiger partial charge in [0.25, 0.3) is 0 Å². The molecule has 4 nitrogen and oxygen atoms in total. The summed E-state index contributed by atoms with van der Waals surface area (Å²) >= 11 is 0. The summed E-state index contributed by atoms with van der Waals surface area (Å²) < 4.78 is 5.16. The highest BCUT2D eigenvalue weighted by Crippen LogP contribution is 2.31. The molecule has 1 saturated carbocycles. The Morgan fingerprint density at radius 2 is 1.95 bits per heavy atom. The van der Waals surface area contributed by atoms with Crippen LogP contribution >= 0.6 is 12.4 Å². The lowest BCUT2D eigenvalue weighted by Gasteiger charge is -2.33. The molecule has 0 aromatic rings. The minimum atomic E-state index is -0.0765. The van der Waals surface area contributed by atoms with E-state index in [1.54, 1.807) is 0 Å². The zero-order valence-corrected chi connectivity index (χ0v) is 12.9. The first-order valence-corrected chi connectivity index (χ1v) is 7.35. The van der Waals surface area contributed by atoms with E-state index in [9.17, 15) is 4.79 Å². The molecule has 5 heteroatoms. The molecule has 19 heavy (non-hydrogen) atoms. The van der Waals surface area contributed by atoms with Gasteiger partial charge in [0, 0.05) is 12.6 Å². The van der Waals surface area contributed by atoms with E-state index in [0.717, 1.165) is 25.6 Å². The van der Waals surface area contributed by atoms with Crippen molar-refractivity contribution in [1.29, 1.82) is 0 Å². The number of carbonyl (C=O) groups is 1. The average molecular weight is 291 g/mol. The van der Waals surface area contributed by atoms with Crippen molar-refractivity contribution in [2.75, 3.05) is 26.2 Å². The van der Waals surface area contributed by atoms with Gasteiger partial charge in [-0.1, -0.05) is 0 Å². The molecular weight excluding hydrogens is 264 g/mol. The number of carbonyl (C=O) groups excluding carboxylic acids is 1. The largest absolute Gasteiger partial charge is 0.465 e. The van der Waals surface area contributed by atoms with Gasteiger partial charge in [-0.25, -0.2) is 0 Å². The van der Waals surface area contributed by atoms with E-state index in [1.807, 2.05) is 13.8 Å². The standard InChI is InChI=1S/C14H26N2O2.ClH/c1-3-18-14(17)11(2)16(13-4-5-13)10-12-6-8-15-9-7-12;/h11-13,15H,3-10H2,1-2H3;1H. The van der Waals surface area contributed by atoms with Crippen LogP contribution in [0.3, 0.4) is 0 Å². The number of halogens is 1. The fourth-order valence-electron chi connectivity index (χ4n) is 2.79. The van der Waals surface area contributed by atoms with Crippen molar-refractivity contribution in [3.05, 3.63) is 0 Å². The van der Waals surface area contributed by atoms with E-state index in [-0.39, 0.29) is 24.4 Å². The minimum absolute atomic E-state index is 0. The Balaban J connectivity index is 0.00000180. The molecule has 1 N–H and O–H groups in total. The SMILES string of the molecule is CCOC(=O)C(C)N(CC1CCNCC1)C1CC1.Cl. The molecule has 0 bridgehead atoms. The number of hydrogen-bond acceptors (Lipinski definition) is 4. The van der Waals surface area contributed by atoms with Gasteiger partial charge in [0.2, 0.25) is 0 Å². The quantitative estimate of drug-likeness (QED) is 0.758. The molecule has 2 rings (SSSR count). The first-order chi connectivity index (χ1) is 8.72. The van der Waals surface area contributed by atoms with Crippen molar-refractivity contribution in [2.24, 2.45) is 5.92 Å². The first kappa shape index (κ1) is 16.7. The Bertz CT molecular complexity index is 279. The highest BCUT2D eigenvalue weighted by molar-refractivity contribution is 5.85. The molecular formula is C14H27ClN2O2. The lowest BCUT2D eigenvalue weighted by atomic mass is 9.97. The molecule has 2 aliphatic rings. The molecule has 0 radical (unpaired) electrons. The third-order valence-corrected chi connectivity index (χ3v) is 4.07. The van der Waals surface area contributed by atoms with Crippen molar-refractivity contribution in [3.63, 3.8) is 0 Å². The highest BCUT2D eigenvalue weighted by atomic mass is 35.5. The normalized spacial score (nSPS) is 21.8. The van der Waals surface area contributed by atoms with Gasteiger partial charge < -0.3 is 10.1 Å². The van der Waals surface area contributed by atoms with Crippen LogP contribution in [-0.4, -0.2) is 49.2 Å². The monoisotopic (exact) mass is 290 g/mol. The Kier molecular flexibility index (Phi) is 7.11. The summed E-state index contributed by atoms with van der Waals surface area (Å²) in [5.41, 5.74) is 0. The summed E-state index contributed by atoms with van der Waals surface area (Å²) in [4.78, 5) is 14.3. The van der Waals surface area contributed by atoms with Crippen LogP contribution in [0.2, 0.25) is 0 Å². The Labute approximate surface area is 122 Å². The molecule has 1 atom stereocenters. The van der Waals surface area contributed by atoms with Gasteiger partial charge in [-0.05, 0) is 58.5 Å². The minimum Gasteiger partial charge on any atom is -0.465 e. The van der Waals surface area contributed by atoms with E-state index in [2.05, 4.69) is 10.2 Å². The number of nitrogens with zero attached hydrogens (tertiary/aromatic N) is 1. The van der Waals surface area contributed by atoms with Gasteiger partial charge in [-0.2, -0.15) is 0 Å². The molecule has 0 spiro atoms. The maximum atomic E-state index is 11.9. The van der Waals surface area contributed by atoms with Gasteiger partial charge in [0.1, 0.15) is 6.04 Å². The number of hydrogen-bond donors (Lipinski definition) is 1. The van der Waals surface area contributed by atoms with Gasteiger partial charge >= 0.3 is 5.97 Å². The van der Waals surface area contributed by atoms with E-state index in [1.165, 1.54) is 25.7 Å². The molecule has 1 aliphatic heterocycles. The van der Waals surface area contributed by atoms with Gasteiger partial charge in [-0.15, -0.1) is 12.4 Å². The number of rotatable bonds is 6. The van der Waals surface area contributed by atoms with E-state index in [4.69, 9.17) is 4.74 Å². The summed E-state index contributed by atoms with van der Waals surface area (Å²) in [6.45, 7) is 7.66. The maximum absolute atomic E-state index is 11.9. The summed E-state index contributed by atoms with van der Waals surface area (Å²) in [5, 5.41) is 3.39. The van der Waals surface area contributed by atoms with Crippen LogP contribution in [0.5, 0.6) is 0 Å². The maximum Gasteiger partial charge on any atom is 0.323 e. The fourth-order valence-corrected chi connectivity index (χ4v) is 2.79. The molecule has 1 heterocycles. The highest BCUT2D eigenvalue weighted by Gasteiger charge is 2.36. The van der Waals surface area contributed by atoms with Crippen molar-refractivity contribution < 1.29 is 9.53 Å². The van der Waals surface area contributed by atoms with E-state index in [0.29, 0.717) is 12.6 Å². The summed E-state index contributed by atoms with van der Waals surface area (Å²) in [7, 11) is 0. The van der Waals surface area contributed by atoms with Gasteiger partial charge in [-0.3, -0.25) is 9.69 Å². The zero-order chi connectivity index (χ0) is 13.0. The van der Waals surface area contributed by atoms with Gasteiger partial charge in [0.15, 0.2) is 0 Å². The number of ether oxygens (including phenoxy) is 1. The third-order valence-electron chi connectivity index (χ3n) is 4.07. The van der Waals surface area contributed by atoms with E-state index >= 15 is 0 Å². The van der Waals surface area contributed by atoms with Crippen molar-refractivity contribution in [1.82, 2.24) is 10.2 Å². The lowest BCUT2D eigenvalue weighted by molar-refractivity contribution is -0.149. The zero-order valence-electron chi connectivity index (χ0n) is 12.1. The first-order valence-electron chi connectivity index (χ1n) is 7.35. The van der Waals surface area contributed by atoms with Crippen molar-refractivity contribution in [3.8, 4) is 0 Å². The van der Waals surface area contributed by atoms with Crippen LogP contribution in [-0.2, 0) is 9.53 Å². The number of esters is 1. The van der Waals surface area contributed by atoms with Gasteiger partial charge in [0.05, 0.1) is 6.61 Å². The Morgan fingerprint density at radius 3 is 2.47 bits per heavy atom. The Morgan fingerprint density at radius 1 is 1.32 bits per heavy atom. The van der Waals surface area contributed by atoms with Crippen molar-refractivity contribution in [2.45, 2.75) is 51.6 Å². The second-order valence-corrected chi connectivity index (χ2v) is 5.55. The Hall–Kier alpha value is -0.320. The number of nitrogens with one attached hydrogen (secondary N) is 1.